The molecule has 2 saturated heterocycles. The fraction of sp³-hybridized carbons (Fsp3) is 0.440. The number of amides is 1. The smallest absolute Gasteiger partial charge is 0.227 e. The topological polar surface area (TPSA) is 84.4 Å². The summed E-state index contributed by atoms with van der Waals surface area (Å²) >= 11 is 1.13. The monoisotopic (exact) mass is 480 g/mol. The third kappa shape index (κ3) is 2.89. The van der Waals surface area contributed by atoms with Gasteiger partial charge in [-0.1, -0.05) is 6.07 Å². The summed E-state index contributed by atoms with van der Waals surface area (Å²) in [5, 5.41) is 3.69. The van der Waals surface area contributed by atoms with E-state index >= 15 is 4.39 Å². The first-order valence-electron chi connectivity index (χ1n) is 11.6. The van der Waals surface area contributed by atoms with Crippen LogP contribution in [0.5, 0.6) is 0 Å². The molecule has 3 aliphatic heterocycles. The van der Waals surface area contributed by atoms with Crippen LogP contribution in [0, 0.1) is 11.2 Å². The van der Waals surface area contributed by atoms with Gasteiger partial charge in [-0.3, -0.25) is 14.6 Å². The molecule has 0 aliphatic carbocycles. The number of fused-ring (bicyclic) bond motifs is 5. The van der Waals surface area contributed by atoms with Gasteiger partial charge in [0.15, 0.2) is 11.6 Å². The van der Waals surface area contributed by atoms with Crippen LogP contribution in [0.15, 0.2) is 30.5 Å². The minimum atomic E-state index is -0.908. The SMILES string of the molecule is CC1NC(=O)CC(=O)C12Cc1cc3c(-c4ccccn4)nsc3c(F)c1N1C[C@@H](C)O[C@@H](C)[C@@H]12. The fourth-order valence-electron chi connectivity index (χ4n) is 6.33. The number of piperidine rings is 1. The number of anilines is 1. The Balaban J connectivity index is 1.60. The molecule has 34 heavy (non-hydrogen) atoms. The highest BCUT2D eigenvalue weighted by Crippen LogP contribution is 2.52. The Kier molecular flexibility index (Phi) is 4.80. The summed E-state index contributed by atoms with van der Waals surface area (Å²) in [7, 11) is 0. The van der Waals surface area contributed by atoms with Crippen molar-refractivity contribution in [1.29, 1.82) is 0 Å². The van der Waals surface area contributed by atoms with Gasteiger partial charge in [-0.2, -0.15) is 4.37 Å². The molecule has 9 heteroatoms. The van der Waals surface area contributed by atoms with Crippen LogP contribution in [0.1, 0.15) is 32.8 Å². The van der Waals surface area contributed by atoms with Crippen LogP contribution in [-0.4, -0.2) is 51.9 Å². The third-order valence-corrected chi connectivity index (χ3v) is 8.49. The molecule has 7 nitrogen and oxygen atoms in total. The molecular formula is C25H25FN4O3S. The predicted octanol–water partition coefficient (Wildman–Crippen LogP) is 3.50. The lowest BCUT2D eigenvalue weighted by Crippen LogP contribution is -2.73. The second-order valence-corrected chi connectivity index (χ2v) is 10.4. The number of nitrogens with one attached hydrogen (secondary N) is 1. The van der Waals surface area contributed by atoms with E-state index in [2.05, 4.69) is 14.7 Å². The maximum Gasteiger partial charge on any atom is 0.227 e. The van der Waals surface area contributed by atoms with Crippen molar-refractivity contribution in [3.63, 3.8) is 0 Å². The number of morpholine rings is 1. The minimum Gasteiger partial charge on any atom is -0.372 e. The van der Waals surface area contributed by atoms with E-state index in [1.807, 2.05) is 49.9 Å². The zero-order chi connectivity index (χ0) is 23.8. The van der Waals surface area contributed by atoms with Gasteiger partial charge in [0, 0.05) is 24.2 Å². The number of carbonyl (C=O) groups is 2. The van der Waals surface area contributed by atoms with Crippen LogP contribution in [0.25, 0.3) is 21.5 Å². The Morgan fingerprint density at radius 2 is 2.09 bits per heavy atom. The first-order chi connectivity index (χ1) is 16.3. The van der Waals surface area contributed by atoms with Gasteiger partial charge in [0.05, 0.1) is 46.2 Å². The Morgan fingerprint density at radius 1 is 1.26 bits per heavy atom. The van der Waals surface area contributed by atoms with Crippen LogP contribution in [0.3, 0.4) is 0 Å². The number of halogens is 1. The van der Waals surface area contributed by atoms with Crippen LogP contribution < -0.4 is 10.2 Å². The third-order valence-electron chi connectivity index (χ3n) is 7.64. The number of aromatic nitrogens is 2. The zero-order valence-electron chi connectivity index (χ0n) is 19.2. The highest BCUT2D eigenvalue weighted by atomic mass is 32.1. The molecule has 3 aromatic rings. The Labute approximate surface area is 200 Å². The van der Waals surface area contributed by atoms with E-state index in [-0.39, 0.29) is 42.2 Å². The molecule has 0 bridgehead atoms. The highest BCUT2D eigenvalue weighted by molar-refractivity contribution is 7.13. The largest absolute Gasteiger partial charge is 0.372 e. The van der Waals surface area contributed by atoms with Crippen LogP contribution in [0.2, 0.25) is 0 Å². The van der Waals surface area contributed by atoms with Crippen molar-refractivity contribution >= 4 is 39.0 Å². The van der Waals surface area contributed by atoms with E-state index in [1.54, 1.807) is 6.20 Å². The Morgan fingerprint density at radius 3 is 2.82 bits per heavy atom. The maximum atomic E-state index is 16.2. The fourth-order valence-corrected chi connectivity index (χ4v) is 7.14. The summed E-state index contributed by atoms with van der Waals surface area (Å²) in [6.07, 6.45) is 1.42. The molecule has 5 atom stereocenters. The number of pyridine rings is 1. The van der Waals surface area contributed by atoms with E-state index in [0.717, 1.165) is 17.1 Å². The molecule has 2 aromatic heterocycles. The van der Waals surface area contributed by atoms with Gasteiger partial charge < -0.3 is 15.0 Å². The number of Topliss-reactive ketones (excluding diaryl/α,β-unsaturated/α-hetero) is 1. The molecule has 2 fully saturated rings. The van der Waals surface area contributed by atoms with Gasteiger partial charge in [-0.15, -0.1) is 0 Å². The van der Waals surface area contributed by atoms with Crippen molar-refractivity contribution in [2.45, 2.75) is 57.9 Å². The molecule has 1 N–H and O–H groups in total. The molecule has 6 rings (SSSR count). The summed E-state index contributed by atoms with van der Waals surface area (Å²) in [4.78, 5) is 32.2. The molecule has 176 valence electrons. The molecule has 1 spiro atoms. The number of ether oxygens (including phenoxy) is 1. The number of benzene rings is 1. The minimum absolute atomic E-state index is 0.108. The summed E-state index contributed by atoms with van der Waals surface area (Å²) < 4.78 is 27.4. The summed E-state index contributed by atoms with van der Waals surface area (Å²) in [6.45, 7) is 6.25. The number of carbonyl (C=O) groups excluding carboxylic acids is 2. The first kappa shape index (κ1) is 21.6. The van der Waals surface area contributed by atoms with Crippen LogP contribution in [-0.2, 0) is 20.7 Å². The zero-order valence-corrected chi connectivity index (χ0v) is 20.0. The van der Waals surface area contributed by atoms with Gasteiger partial charge in [0.2, 0.25) is 5.91 Å². The number of nitrogens with zero attached hydrogens (tertiary/aromatic N) is 3. The van der Waals surface area contributed by atoms with Crippen molar-refractivity contribution in [1.82, 2.24) is 14.7 Å². The van der Waals surface area contributed by atoms with E-state index in [4.69, 9.17) is 4.74 Å². The van der Waals surface area contributed by atoms with E-state index in [1.165, 1.54) is 0 Å². The second-order valence-electron chi connectivity index (χ2n) is 9.68. The summed E-state index contributed by atoms with van der Waals surface area (Å²) in [5.41, 5.74) is 1.70. The number of hydrogen-bond acceptors (Lipinski definition) is 7. The maximum absolute atomic E-state index is 16.2. The quantitative estimate of drug-likeness (QED) is 0.537. The van der Waals surface area contributed by atoms with Crippen molar-refractivity contribution in [3.8, 4) is 11.4 Å². The van der Waals surface area contributed by atoms with Crippen molar-refractivity contribution in [3.05, 3.63) is 41.8 Å². The Bertz CT molecular complexity index is 1330. The van der Waals surface area contributed by atoms with Crippen molar-refractivity contribution in [2.75, 3.05) is 11.4 Å². The van der Waals surface area contributed by atoms with Gasteiger partial charge in [0.1, 0.15) is 5.69 Å². The Hall–Kier alpha value is -2.91. The van der Waals surface area contributed by atoms with Gasteiger partial charge in [0.25, 0.3) is 0 Å². The number of ketones is 1. The molecule has 1 amide bonds. The number of hydrogen-bond donors (Lipinski definition) is 1. The summed E-state index contributed by atoms with van der Waals surface area (Å²) in [5.74, 6) is -0.684. The molecular weight excluding hydrogens is 455 g/mol. The van der Waals surface area contributed by atoms with Crippen LogP contribution >= 0.6 is 11.5 Å². The standard InChI is InChI=1S/C25H25FN4O3S/c1-12-11-30-22-15(8-16-21(17-6-4-5-7-27-17)29-34-23(16)20(22)26)10-25(24(30)13(2)33-12)14(3)28-19(32)9-18(25)31/h4-8,12-14,24H,9-11H2,1-3H3,(H,28,32)/t12-,13+,14?,24-,25?/m1/s1. The average Bonchev–Trinajstić information content (AvgIpc) is 3.21. The second kappa shape index (κ2) is 7.55. The lowest BCUT2D eigenvalue weighted by atomic mass is 9.60. The van der Waals surface area contributed by atoms with Gasteiger partial charge >= 0.3 is 0 Å². The molecule has 3 aliphatic rings. The summed E-state index contributed by atoms with van der Waals surface area (Å²) in [6, 6.07) is 6.75. The van der Waals surface area contributed by atoms with E-state index < -0.39 is 11.5 Å². The lowest BCUT2D eigenvalue weighted by Gasteiger charge is -2.58. The average molecular weight is 481 g/mol. The molecule has 0 saturated carbocycles. The van der Waals surface area contributed by atoms with Crippen LogP contribution in [0.4, 0.5) is 10.1 Å². The molecule has 5 heterocycles. The predicted molar refractivity (Wildman–Crippen MR) is 127 cm³/mol. The van der Waals surface area contributed by atoms with E-state index in [0.29, 0.717) is 40.1 Å². The van der Waals surface area contributed by atoms with Crippen molar-refractivity contribution < 1.29 is 18.7 Å². The lowest BCUT2D eigenvalue weighted by molar-refractivity contribution is -0.149. The number of rotatable bonds is 1. The van der Waals surface area contributed by atoms with E-state index in [9.17, 15) is 9.59 Å². The molecule has 2 unspecified atom stereocenters. The first-order valence-corrected chi connectivity index (χ1v) is 12.4. The normalized spacial score (nSPS) is 30.9. The van der Waals surface area contributed by atoms with Gasteiger partial charge in [-0.25, -0.2) is 4.39 Å². The van der Waals surface area contributed by atoms with Gasteiger partial charge in [-0.05, 0) is 62.5 Å². The molecule has 1 aromatic carbocycles. The van der Waals surface area contributed by atoms with Crippen molar-refractivity contribution in [2.24, 2.45) is 5.41 Å². The molecule has 0 radical (unpaired) electrons. The highest BCUT2D eigenvalue weighted by Gasteiger charge is 2.60.